The van der Waals surface area contributed by atoms with Gasteiger partial charge in [0.05, 0.1) is 4.90 Å². The number of primary sulfonamides is 1. The van der Waals surface area contributed by atoms with Gasteiger partial charge in [0.15, 0.2) is 0 Å². The van der Waals surface area contributed by atoms with Crippen LogP contribution in [0.15, 0.2) is 41.6 Å². The number of rotatable bonds is 6. The molecule has 1 heterocycles. The number of anilines is 2. The van der Waals surface area contributed by atoms with E-state index in [2.05, 4.69) is 20.6 Å². The second kappa shape index (κ2) is 7.84. The van der Waals surface area contributed by atoms with E-state index >= 15 is 0 Å². The van der Waals surface area contributed by atoms with Crippen LogP contribution in [0, 0.1) is 0 Å². The van der Waals surface area contributed by atoms with Gasteiger partial charge in [-0.2, -0.15) is 0 Å². The highest BCUT2D eigenvalue weighted by molar-refractivity contribution is 7.89. The summed E-state index contributed by atoms with van der Waals surface area (Å²) in [5.41, 5.74) is 1.58. The number of alkyl carbamates (subject to hydrolysis) is 1. The average Bonchev–Trinajstić information content (AvgIpc) is 3.22. The molecule has 10 heteroatoms. The molecule has 2 aromatic rings. The molecule has 0 spiro atoms. The molecule has 4 rings (SSSR count). The number of carbonyl (C=O) groups is 1. The molecule has 0 aliphatic heterocycles. The first kappa shape index (κ1) is 20.5. The minimum Gasteiger partial charge on any atom is -0.446 e. The summed E-state index contributed by atoms with van der Waals surface area (Å²) in [5.74, 6) is 0.660. The van der Waals surface area contributed by atoms with Crippen molar-refractivity contribution in [3.63, 3.8) is 0 Å². The van der Waals surface area contributed by atoms with Crippen molar-refractivity contribution in [3.05, 3.63) is 42.2 Å². The fourth-order valence-corrected chi connectivity index (χ4v) is 4.08. The topological polar surface area (TPSA) is 136 Å². The lowest BCUT2D eigenvalue weighted by molar-refractivity contribution is 0.0967. The van der Waals surface area contributed by atoms with Gasteiger partial charge in [-0.05, 0) is 74.8 Å². The molecule has 1 aromatic carbocycles. The lowest BCUT2D eigenvalue weighted by Crippen LogP contribution is -2.36. The number of aromatic nitrogens is 2. The van der Waals surface area contributed by atoms with Crippen LogP contribution in [-0.4, -0.2) is 36.1 Å². The van der Waals surface area contributed by atoms with Gasteiger partial charge < -0.3 is 15.4 Å². The van der Waals surface area contributed by atoms with Gasteiger partial charge in [-0.1, -0.05) is 0 Å². The quantitative estimate of drug-likeness (QED) is 0.640. The summed E-state index contributed by atoms with van der Waals surface area (Å²) < 4.78 is 28.2. The number of amides is 1. The first-order valence-electron chi connectivity index (χ1n) is 9.91. The number of benzene rings is 1. The van der Waals surface area contributed by atoms with Gasteiger partial charge in [-0.15, -0.1) is 0 Å². The molecule has 160 valence electrons. The molecule has 2 aliphatic carbocycles. The average molecular weight is 432 g/mol. The summed E-state index contributed by atoms with van der Waals surface area (Å²) in [4.78, 5) is 20.7. The van der Waals surface area contributed by atoms with Crippen LogP contribution in [0.3, 0.4) is 0 Å². The van der Waals surface area contributed by atoms with Gasteiger partial charge in [0.2, 0.25) is 16.0 Å². The Kier molecular flexibility index (Phi) is 5.37. The van der Waals surface area contributed by atoms with Crippen molar-refractivity contribution in [2.75, 3.05) is 5.32 Å². The molecule has 2 aliphatic rings. The number of sulfonamides is 1. The maximum atomic E-state index is 12.0. The third-order valence-corrected chi connectivity index (χ3v) is 6.57. The van der Waals surface area contributed by atoms with Crippen molar-refractivity contribution in [1.82, 2.24) is 15.3 Å². The van der Waals surface area contributed by atoms with Gasteiger partial charge in [-0.25, -0.2) is 28.3 Å². The zero-order valence-corrected chi connectivity index (χ0v) is 17.5. The normalized spacial score (nSPS) is 22.3. The molecule has 0 unspecified atom stereocenters. The fourth-order valence-electron chi connectivity index (χ4n) is 3.56. The summed E-state index contributed by atoms with van der Waals surface area (Å²) in [7, 11) is -3.72. The SMILES string of the molecule is CC1(NC(=O)O[C@H]2CC[C@@H](c3cnc(Nc4ccc(S(N)(=O)=O)cc4)nc3)C2)CC1. The highest BCUT2D eigenvalue weighted by atomic mass is 32.2. The third kappa shape index (κ3) is 5.06. The molecule has 1 amide bonds. The largest absolute Gasteiger partial charge is 0.446 e. The third-order valence-electron chi connectivity index (χ3n) is 5.64. The summed E-state index contributed by atoms with van der Waals surface area (Å²) in [6.07, 6.45) is 7.63. The van der Waals surface area contributed by atoms with E-state index in [4.69, 9.17) is 9.88 Å². The van der Waals surface area contributed by atoms with Crippen LogP contribution in [0.25, 0.3) is 0 Å². The molecule has 9 nitrogen and oxygen atoms in total. The number of hydrogen-bond donors (Lipinski definition) is 3. The van der Waals surface area contributed by atoms with Crippen molar-refractivity contribution < 1.29 is 17.9 Å². The predicted molar refractivity (Wildman–Crippen MR) is 111 cm³/mol. The first-order valence-corrected chi connectivity index (χ1v) is 11.5. The molecule has 0 radical (unpaired) electrons. The van der Waals surface area contributed by atoms with E-state index in [0.717, 1.165) is 37.7 Å². The summed E-state index contributed by atoms with van der Waals surface area (Å²) in [6, 6.07) is 6.04. The van der Waals surface area contributed by atoms with Crippen LogP contribution in [0.2, 0.25) is 0 Å². The van der Waals surface area contributed by atoms with Crippen molar-refractivity contribution in [1.29, 1.82) is 0 Å². The first-order chi connectivity index (χ1) is 14.2. The Morgan fingerprint density at radius 2 is 1.83 bits per heavy atom. The Hall–Kier alpha value is -2.72. The summed E-state index contributed by atoms with van der Waals surface area (Å²) >= 11 is 0. The van der Waals surface area contributed by atoms with E-state index < -0.39 is 10.0 Å². The standard InChI is InChI=1S/C20H25N5O4S/c1-20(8-9-20)25-19(26)29-16-5-2-13(10-16)14-11-22-18(23-12-14)24-15-3-6-17(7-4-15)30(21,27)28/h3-4,6-7,11-13,16H,2,5,8-10H2,1H3,(H,25,26)(H2,21,27,28)(H,22,23,24)/t13-,16+/m1/s1. The van der Waals surface area contributed by atoms with Crippen molar-refractivity contribution in [2.45, 2.75) is 61.5 Å². The molecular formula is C20H25N5O4S. The number of nitrogens with two attached hydrogens (primary N) is 1. The Morgan fingerprint density at radius 3 is 2.43 bits per heavy atom. The van der Waals surface area contributed by atoms with E-state index in [1.165, 1.54) is 12.1 Å². The molecule has 0 saturated heterocycles. The Balaban J connectivity index is 1.31. The number of hydrogen-bond acceptors (Lipinski definition) is 7. The number of nitrogens with zero attached hydrogens (tertiary/aromatic N) is 2. The number of carbonyl (C=O) groups excluding carboxylic acids is 1. The van der Waals surface area contributed by atoms with Crippen LogP contribution in [0.1, 0.15) is 50.5 Å². The van der Waals surface area contributed by atoms with Crippen molar-refractivity contribution in [2.24, 2.45) is 5.14 Å². The smallest absolute Gasteiger partial charge is 0.407 e. The predicted octanol–water partition coefficient (Wildman–Crippen LogP) is 2.78. The molecule has 30 heavy (non-hydrogen) atoms. The summed E-state index contributed by atoms with van der Waals surface area (Å²) in [5, 5.41) is 11.0. The van der Waals surface area contributed by atoms with Crippen LogP contribution in [-0.2, 0) is 14.8 Å². The van der Waals surface area contributed by atoms with E-state index in [1.54, 1.807) is 24.5 Å². The van der Waals surface area contributed by atoms with E-state index in [1.807, 2.05) is 6.92 Å². The van der Waals surface area contributed by atoms with Crippen LogP contribution in [0.5, 0.6) is 0 Å². The summed E-state index contributed by atoms with van der Waals surface area (Å²) in [6.45, 7) is 2.02. The maximum Gasteiger partial charge on any atom is 0.407 e. The lowest BCUT2D eigenvalue weighted by Gasteiger charge is -2.16. The maximum absolute atomic E-state index is 12.0. The second-order valence-electron chi connectivity index (χ2n) is 8.26. The van der Waals surface area contributed by atoms with Gasteiger partial charge in [-0.3, -0.25) is 0 Å². The highest BCUT2D eigenvalue weighted by Gasteiger charge is 2.40. The molecule has 0 bridgehead atoms. The minimum atomic E-state index is -3.72. The minimum absolute atomic E-state index is 0.0437. The van der Waals surface area contributed by atoms with Crippen molar-refractivity contribution >= 4 is 27.8 Å². The zero-order valence-electron chi connectivity index (χ0n) is 16.7. The van der Waals surface area contributed by atoms with Crippen LogP contribution in [0.4, 0.5) is 16.4 Å². The van der Waals surface area contributed by atoms with Crippen LogP contribution < -0.4 is 15.8 Å². The van der Waals surface area contributed by atoms with E-state index in [0.29, 0.717) is 11.6 Å². The number of ether oxygens (including phenoxy) is 1. The van der Waals surface area contributed by atoms with Gasteiger partial charge in [0.25, 0.3) is 0 Å². The monoisotopic (exact) mass is 431 g/mol. The Bertz CT molecular complexity index is 1020. The van der Waals surface area contributed by atoms with Gasteiger partial charge in [0, 0.05) is 23.6 Å². The lowest BCUT2D eigenvalue weighted by atomic mass is 10.0. The van der Waals surface area contributed by atoms with Crippen molar-refractivity contribution in [3.8, 4) is 0 Å². The van der Waals surface area contributed by atoms with Crippen LogP contribution >= 0.6 is 0 Å². The Morgan fingerprint density at radius 1 is 1.17 bits per heavy atom. The fraction of sp³-hybridized carbons (Fsp3) is 0.450. The molecule has 1 aromatic heterocycles. The Labute approximate surface area is 175 Å². The molecular weight excluding hydrogens is 406 g/mol. The van der Waals surface area contributed by atoms with E-state index in [-0.39, 0.29) is 28.5 Å². The zero-order chi connectivity index (χ0) is 21.4. The van der Waals surface area contributed by atoms with Gasteiger partial charge >= 0.3 is 6.09 Å². The molecule has 2 fully saturated rings. The molecule has 4 N–H and O–H groups in total. The second-order valence-corrected chi connectivity index (χ2v) is 9.82. The molecule has 2 saturated carbocycles. The van der Waals surface area contributed by atoms with E-state index in [9.17, 15) is 13.2 Å². The molecule has 2 atom stereocenters. The highest BCUT2D eigenvalue weighted by Crippen LogP contribution is 2.37. The van der Waals surface area contributed by atoms with Gasteiger partial charge in [0.1, 0.15) is 6.10 Å². The number of nitrogens with one attached hydrogen (secondary N) is 2.